The highest BCUT2D eigenvalue weighted by Crippen LogP contribution is 2.22. The molecule has 140 valence electrons. The van der Waals surface area contributed by atoms with Crippen LogP contribution in [0.15, 0.2) is 67.0 Å². The van der Waals surface area contributed by atoms with E-state index < -0.39 is 11.8 Å². The van der Waals surface area contributed by atoms with E-state index in [2.05, 4.69) is 5.10 Å². The standard InChI is InChI=1S/C21H18N4O3/c1-23(12-15-11-22-25(13-15)16-7-3-2-4-8-16)19(26)14-24-20(27)17-9-5-6-10-18(17)21(24)28/h2-11,13H,12,14H2,1H3. The predicted molar refractivity (Wildman–Crippen MR) is 102 cm³/mol. The lowest BCUT2D eigenvalue weighted by Gasteiger charge is -2.20. The molecule has 7 nitrogen and oxygen atoms in total. The highest BCUT2D eigenvalue weighted by molar-refractivity contribution is 6.22. The first-order valence-corrected chi connectivity index (χ1v) is 8.83. The molecule has 0 aliphatic carbocycles. The number of para-hydroxylation sites is 1. The Balaban J connectivity index is 1.42. The topological polar surface area (TPSA) is 75.5 Å². The first-order chi connectivity index (χ1) is 13.5. The quantitative estimate of drug-likeness (QED) is 0.641. The van der Waals surface area contributed by atoms with Crippen LogP contribution in [0.5, 0.6) is 0 Å². The van der Waals surface area contributed by atoms with Gasteiger partial charge in [0.15, 0.2) is 0 Å². The second kappa shape index (κ2) is 7.11. The van der Waals surface area contributed by atoms with E-state index in [-0.39, 0.29) is 12.5 Å². The van der Waals surface area contributed by atoms with Crippen molar-refractivity contribution in [2.45, 2.75) is 6.54 Å². The summed E-state index contributed by atoms with van der Waals surface area (Å²) in [6.45, 7) is 0.0461. The predicted octanol–water partition coefficient (Wildman–Crippen LogP) is 2.13. The largest absolute Gasteiger partial charge is 0.340 e. The lowest BCUT2D eigenvalue weighted by atomic mass is 10.1. The van der Waals surface area contributed by atoms with Crippen LogP contribution in [0.2, 0.25) is 0 Å². The number of likely N-dealkylation sites (N-methyl/N-ethyl adjacent to an activating group) is 1. The number of amides is 3. The zero-order valence-electron chi connectivity index (χ0n) is 15.3. The highest BCUT2D eigenvalue weighted by atomic mass is 16.2. The molecular formula is C21H18N4O3. The second-order valence-electron chi connectivity index (χ2n) is 6.62. The summed E-state index contributed by atoms with van der Waals surface area (Å²) in [5.41, 5.74) is 2.45. The summed E-state index contributed by atoms with van der Waals surface area (Å²) in [6, 6.07) is 16.3. The zero-order valence-corrected chi connectivity index (χ0v) is 15.3. The molecule has 3 amide bonds. The molecule has 0 radical (unpaired) electrons. The van der Waals surface area contributed by atoms with Crippen molar-refractivity contribution in [3.05, 3.63) is 83.7 Å². The normalized spacial score (nSPS) is 13.0. The fourth-order valence-electron chi connectivity index (χ4n) is 3.16. The van der Waals surface area contributed by atoms with Gasteiger partial charge in [-0.2, -0.15) is 5.10 Å². The molecule has 7 heteroatoms. The van der Waals surface area contributed by atoms with Gasteiger partial charge in [-0.15, -0.1) is 0 Å². The molecule has 0 spiro atoms. The van der Waals surface area contributed by atoms with Crippen molar-refractivity contribution in [2.24, 2.45) is 0 Å². The minimum Gasteiger partial charge on any atom is -0.340 e. The molecule has 1 aliphatic rings. The molecular weight excluding hydrogens is 356 g/mol. The van der Waals surface area contributed by atoms with Gasteiger partial charge in [-0.3, -0.25) is 19.3 Å². The fraction of sp³-hybridized carbons (Fsp3) is 0.143. The number of carbonyl (C=O) groups is 3. The lowest BCUT2D eigenvalue weighted by Crippen LogP contribution is -2.40. The van der Waals surface area contributed by atoms with Crippen molar-refractivity contribution in [3.63, 3.8) is 0 Å². The van der Waals surface area contributed by atoms with Crippen molar-refractivity contribution in [2.75, 3.05) is 13.6 Å². The summed E-state index contributed by atoms with van der Waals surface area (Å²) in [4.78, 5) is 39.9. The number of benzene rings is 2. The van der Waals surface area contributed by atoms with Crippen molar-refractivity contribution < 1.29 is 14.4 Å². The van der Waals surface area contributed by atoms with E-state index in [4.69, 9.17) is 0 Å². The molecule has 4 rings (SSSR count). The Morgan fingerprint density at radius 1 is 0.964 bits per heavy atom. The van der Waals surface area contributed by atoms with Gasteiger partial charge in [0.1, 0.15) is 6.54 Å². The highest BCUT2D eigenvalue weighted by Gasteiger charge is 2.36. The fourth-order valence-corrected chi connectivity index (χ4v) is 3.16. The number of hydrogen-bond acceptors (Lipinski definition) is 4. The first-order valence-electron chi connectivity index (χ1n) is 8.83. The Kier molecular flexibility index (Phi) is 4.49. The van der Waals surface area contributed by atoms with E-state index in [1.807, 2.05) is 36.5 Å². The number of nitrogens with zero attached hydrogens (tertiary/aromatic N) is 4. The maximum atomic E-state index is 12.6. The molecule has 1 aromatic heterocycles. The Morgan fingerprint density at radius 3 is 2.21 bits per heavy atom. The van der Waals surface area contributed by atoms with Crippen LogP contribution in [-0.2, 0) is 11.3 Å². The number of fused-ring (bicyclic) bond motifs is 1. The first kappa shape index (κ1) is 17.7. The summed E-state index contributed by atoms with van der Waals surface area (Å²) >= 11 is 0. The van der Waals surface area contributed by atoms with Crippen LogP contribution in [0.1, 0.15) is 26.3 Å². The maximum Gasteiger partial charge on any atom is 0.262 e. The van der Waals surface area contributed by atoms with Gasteiger partial charge in [-0.25, -0.2) is 4.68 Å². The Labute approximate surface area is 161 Å². The van der Waals surface area contributed by atoms with Crippen LogP contribution >= 0.6 is 0 Å². The molecule has 0 saturated carbocycles. The molecule has 1 aliphatic heterocycles. The summed E-state index contributed by atoms with van der Waals surface area (Å²) in [5, 5.41) is 4.31. The average Bonchev–Trinajstić information content (AvgIpc) is 3.28. The molecule has 2 heterocycles. The molecule has 3 aromatic rings. The van der Waals surface area contributed by atoms with E-state index in [9.17, 15) is 14.4 Å². The SMILES string of the molecule is CN(Cc1cnn(-c2ccccc2)c1)C(=O)CN1C(=O)c2ccccc2C1=O. The van der Waals surface area contributed by atoms with Crippen LogP contribution in [-0.4, -0.2) is 50.9 Å². The summed E-state index contributed by atoms with van der Waals surface area (Å²) < 4.78 is 1.73. The molecule has 0 bridgehead atoms. The summed E-state index contributed by atoms with van der Waals surface area (Å²) in [6.07, 6.45) is 3.54. The monoisotopic (exact) mass is 374 g/mol. The van der Waals surface area contributed by atoms with Gasteiger partial charge in [-0.05, 0) is 24.3 Å². The van der Waals surface area contributed by atoms with Crippen LogP contribution in [0.4, 0.5) is 0 Å². The number of imide groups is 1. The van der Waals surface area contributed by atoms with Gasteiger partial charge in [0.25, 0.3) is 11.8 Å². The zero-order chi connectivity index (χ0) is 19.7. The van der Waals surface area contributed by atoms with Gasteiger partial charge >= 0.3 is 0 Å². The molecule has 0 atom stereocenters. The molecule has 28 heavy (non-hydrogen) atoms. The van der Waals surface area contributed by atoms with Gasteiger partial charge in [0.05, 0.1) is 23.0 Å². The molecule has 0 unspecified atom stereocenters. The third kappa shape index (κ3) is 3.18. The Bertz CT molecular complexity index is 1020. The Morgan fingerprint density at radius 2 is 1.57 bits per heavy atom. The van der Waals surface area contributed by atoms with Crippen LogP contribution < -0.4 is 0 Å². The molecule has 0 saturated heterocycles. The van der Waals surface area contributed by atoms with E-state index in [1.165, 1.54) is 4.90 Å². The number of rotatable bonds is 5. The molecule has 2 aromatic carbocycles. The van der Waals surface area contributed by atoms with Crippen molar-refractivity contribution >= 4 is 17.7 Å². The summed E-state index contributed by atoms with van der Waals surface area (Å²) in [5.74, 6) is -1.18. The third-order valence-corrected chi connectivity index (χ3v) is 4.67. The number of carbonyl (C=O) groups excluding carboxylic acids is 3. The maximum absolute atomic E-state index is 12.6. The second-order valence-corrected chi connectivity index (χ2v) is 6.62. The number of aromatic nitrogens is 2. The summed E-state index contributed by atoms with van der Waals surface area (Å²) in [7, 11) is 1.64. The minimum atomic E-state index is -0.431. The lowest BCUT2D eigenvalue weighted by molar-refractivity contribution is -0.130. The van der Waals surface area contributed by atoms with Gasteiger partial charge in [0, 0.05) is 25.4 Å². The van der Waals surface area contributed by atoms with Crippen molar-refractivity contribution in [1.29, 1.82) is 0 Å². The minimum absolute atomic E-state index is 0.282. The van der Waals surface area contributed by atoms with E-state index >= 15 is 0 Å². The van der Waals surface area contributed by atoms with Crippen molar-refractivity contribution in [1.82, 2.24) is 19.6 Å². The Hall–Kier alpha value is -3.74. The van der Waals surface area contributed by atoms with E-state index in [0.717, 1.165) is 16.2 Å². The molecule has 0 fully saturated rings. The third-order valence-electron chi connectivity index (χ3n) is 4.67. The smallest absolute Gasteiger partial charge is 0.262 e. The molecule has 0 N–H and O–H groups in total. The number of hydrogen-bond donors (Lipinski definition) is 0. The van der Waals surface area contributed by atoms with Gasteiger partial charge in [0.2, 0.25) is 5.91 Å². The van der Waals surface area contributed by atoms with Crippen molar-refractivity contribution in [3.8, 4) is 5.69 Å². The van der Waals surface area contributed by atoms with Gasteiger partial charge in [-0.1, -0.05) is 30.3 Å². The van der Waals surface area contributed by atoms with E-state index in [1.54, 1.807) is 42.2 Å². The average molecular weight is 374 g/mol. The van der Waals surface area contributed by atoms with E-state index in [0.29, 0.717) is 17.7 Å². The van der Waals surface area contributed by atoms with Crippen LogP contribution in [0, 0.1) is 0 Å². The van der Waals surface area contributed by atoms with Gasteiger partial charge < -0.3 is 4.90 Å². The van der Waals surface area contributed by atoms with Crippen LogP contribution in [0.25, 0.3) is 5.69 Å². The van der Waals surface area contributed by atoms with Crippen LogP contribution in [0.3, 0.4) is 0 Å².